The van der Waals surface area contributed by atoms with Gasteiger partial charge in [0.15, 0.2) is 0 Å². The molecule has 0 heterocycles. The van der Waals surface area contributed by atoms with Gasteiger partial charge in [-0.25, -0.2) is 8.42 Å². The van der Waals surface area contributed by atoms with E-state index < -0.39 is 10.0 Å². The van der Waals surface area contributed by atoms with Gasteiger partial charge in [0.2, 0.25) is 0 Å². The summed E-state index contributed by atoms with van der Waals surface area (Å²) in [5, 5.41) is 1.84. The fourth-order valence-electron chi connectivity index (χ4n) is 2.39. The molecule has 112 valence electrons. The zero-order valence-electron chi connectivity index (χ0n) is 11.9. The van der Waals surface area contributed by atoms with Crippen LogP contribution >= 0.6 is 15.9 Å². The highest BCUT2D eigenvalue weighted by Gasteiger charge is 2.17. The van der Waals surface area contributed by atoms with E-state index in [1.54, 1.807) is 30.3 Å². The van der Waals surface area contributed by atoms with Crippen LogP contribution in [0.5, 0.6) is 0 Å². The average molecular weight is 376 g/mol. The third-order valence-electron chi connectivity index (χ3n) is 3.48. The first-order chi connectivity index (χ1) is 10.5. The number of hydrogen-bond acceptors (Lipinski definition) is 2. The zero-order chi connectivity index (χ0) is 15.7. The number of anilines is 1. The number of benzene rings is 3. The Kier molecular flexibility index (Phi) is 3.93. The Morgan fingerprint density at radius 1 is 0.909 bits per heavy atom. The molecular formula is C17H14BrNO2S. The molecular weight excluding hydrogens is 362 g/mol. The van der Waals surface area contributed by atoms with E-state index in [2.05, 4.69) is 20.7 Å². The highest BCUT2D eigenvalue weighted by molar-refractivity contribution is 9.10. The fraction of sp³-hybridized carbons (Fsp3) is 0.0588. The Morgan fingerprint density at radius 3 is 2.18 bits per heavy atom. The van der Waals surface area contributed by atoms with Crippen molar-refractivity contribution in [3.8, 4) is 0 Å². The van der Waals surface area contributed by atoms with Gasteiger partial charge >= 0.3 is 0 Å². The number of halogens is 1. The molecule has 0 aliphatic heterocycles. The van der Waals surface area contributed by atoms with Crippen LogP contribution in [0, 0.1) is 6.92 Å². The molecule has 5 heteroatoms. The van der Waals surface area contributed by atoms with E-state index in [0.29, 0.717) is 5.69 Å². The van der Waals surface area contributed by atoms with E-state index >= 15 is 0 Å². The van der Waals surface area contributed by atoms with E-state index in [1.807, 2.05) is 37.3 Å². The Bertz CT molecular complexity index is 938. The van der Waals surface area contributed by atoms with E-state index in [9.17, 15) is 8.42 Å². The number of fused-ring (bicyclic) bond motifs is 1. The van der Waals surface area contributed by atoms with E-state index in [-0.39, 0.29) is 4.90 Å². The summed E-state index contributed by atoms with van der Waals surface area (Å²) in [5.74, 6) is 0. The lowest BCUT2D eigenvalue weighted by Crippen LogP contribution is -2.14. The van der Waals surface area contributed by atoms with Gasteiger partial charge in [0, 0.05) is 9.86 Å². The molecule has 0 fully saturated rings. The molecule has 0 unspecified atom stereocenters. The van der Waals surface area contributed by atoms with Crippen LogP contribution in [0.4, 0.5) is 5.69 Å². The van der Waals surface area contributed by atoms with Crippen molar-refractivity contribution in [2.75, 3.05) is 4.72 Å². The van der Waals surface area contributed by atoms with E-state index in [0.717, 1.165) is 20.8 Å². The molecule has 3 aromatic carbocycles. The van der Waals surface area contributed by atoms with Crippen LogP contribution in [0.1, 0.15) is 5.56 Å². The molecule has 22 heavy (non-hydrogen) atoms. The minimum Gasteiger partial charge on any atom is -0.279 e. The molecule has 0 aliphatic rings. The monoisotopic (exact) mass is 375 g/mol. The van der Waals surface area contributed by atoms with Gasteiger partial charge in [-0.05, 0) is 36.1 Å². The maximum Gasteiger partial charge on any atom is 0.261 e. The van der Waals surface area contributed by atoms with Crippen molar-refractivity contribution in [2.45, 2.75) is 11.8 Å². The maximum atomic E-state index is 12.6. The molecule has 0 spiro atoms. The molecule has 0 atom stereocenters. The molecule has 1 N–H and O–H groups in total. The first-order valence-corrected chi connectivity index (χ1v) is 9.02. The Balaban J connectivity index is 2.16. The summed E-state index contributed by atoms with van der Waals surface area (Å²) in [6.45, 7) is 1.89. The maximum absolute atomic E-state index is 12.6. The highest BCUT2D eigenvalue weighted by atomic mass is 79.9. The number of rotatable bonds is 3. The smallest absolute Gasteiger partial charge is 0.261 e. The summed E-state index contributed by atoms with van der Waals surface area (Å²) in [6.07, 6.45) is 0. The lowest BCUT2D eigenvalue weighted by atomic mass is 10.1. The van der Waals surface area contributed by atoms with Gasteiger partial charge in [-0.2, -0.15) is 0 Å². The van der Waals surface area contributed by atoms with Gasteiger partial charge in [0.25, 0.3) is 10.0 Å². The summed E-state index contributed by atoms with van der Waals surface area (Å²) < 4.78 is 28.8. The first kappa shape index (κ1) is 15.1. The minimum absolute atomic E-state index is 0.251. The van der Waals surface area contributed by atoms with Gasteiger partial charge in [-0.15, -0.1) is 0 Å². The van der Waals surface area contributed by atoms with Crippen molar-refractivity contribution in [1.29, 1.82) is 0 Å². The van der Waals surface area contributed by atoms with Gasteiger partial charge in [-0.3, -0.25) is 4.72 Å². The molecule has 3 rings (SSSR count). The summed E-state index contributed by atoms with van der Waals surface area (Å²) >= 11 is 3.53. The minimum atomic E-state index is -3.61. The quantitative estimate of drug-likeness (QED) is 0.720. The number of aryl methyl sites for hydroxylation is 1. The number of hydrogen-bond donors (Lipinski definition) is 1. The highest BCUT2D eigenvalue weighted by Crippen LogP contribution is 2.34. The molecule has 0 amide bonds. The Morgan fingerprint density at radius 2 is 1.50 bits per heavy atom. The normalized spacial score (nSPS) is 11.5. The molecule has 0 radical (unpaired) electrons. The van der Waals surface area contributed by atoms with Crippen LogP contribution in [0.2, 0.25) is 0 Å². The van der Waals surface area contributed by atoms with Gasteiger partial charge in [-0.1, -0.05) is 58.4 Å². The van der Waals surface area contributed by atoms with Crippen molar-refractivity contribution >= 4 is 42.4 Å². The summed E-state index contributed by atoms with van der Waals surface area (Å²) in [6, 6.07) is 18.0. The third kappa shape index (κ3) is 2.74. The first-order valence-electron chi connectivity index (χ1n) is 6.75. The zero-order valence-corrected chi connectivity index (χ0v) is 14.3. The van der Waals surface area contributed by atoms with Gasteiger partial charge in [0.05, 0.1) is 10.6 Å². The molecule has 3 aromatic rings. The molecule has 0 saturated heterocycles. The summed E-state index contributed by atoms with van der Waals surface area (Å²) in [7, 11) is -3.61. The second kappa shape index (κ2) is 5.74. The number of sulfonamides is 1. The molecule has 0 saturated carbocycles. The second-order valence-electron chi connectivity index (χ2n) is 5.01. The van der Waals surface area contributed by atoms with Crippen molar-refractivity contribution in [3.63, 3.8) is 0 Å². The fourth-order valence-corrected chi connectivity index (χ4v) is 4.25. The van der Waals surface area contributed by atoms with Crippen molar-refractivity contribution in [1.82, 2.24) is 0 Å². The summed E-state index contributed by atoms with van der Waals surface area (Å²) in [4.78, 5) is 0.251. The van der Waals surface area contributed by atoms with Crippen LogP contribution in [-0.2, 0) is 10.0 Å². The molecule has 0 bridgehead atoms. The Hall–Kier alpha value is -1.85. The van der Waals surface area contributed by atoms with Crippen LogP contribution in [0.15, 0.2) is 70.0 Å². The molecule has 0 aliphatic carbocycles. The average Bonchev–Trinajstić information content (AvgIpc) is 2.52. The summed E-state index contributed by atoms with van der Waals surface area (Å²) in [5.41, 5.74) is 1.48. The topological polar surface area (TPSA) is 46.2 Å². The predicted octanol–water partition coefficient (Wildman–Crippen LogP) is 4.71. The van der Waals surface area contributed by atoms with Crippen LogP contribution in [-0.4, -0.2) is 8.42 Å². The largest absolute Gasteiger partial charge is 0.279 e. The number of nitrogens with one attached hydrogen (secondary N) is 1. The predicted molar refractivity (Wildman–Crippen MR) is 93.6 cm³/mol. The van der Waals surface area contributed by atoms with Gasteiger partial charge in [0.1, 0.15) is 0 Å². The van der Waals surface area contributed by atoms with Crippen LogP contribution < -0.4 is 4.72 Å². The third-order valence-corrected chi connectivity index (χ3v) is 5.50. The SMILES string of the molecule is Cc1cc(Br)c2ccccc2c1NS(=O)(=O)c1ccccc1. The standard InChI is InChI=1S/C17H14BrNO2S/c1-12-11-16(18)14-9-5-6-10-15(14)17(12)19-22(20,21)13-7-3-2-4-8-13/h2-11,19H,1H3. The van der Waals surface area contributed by atoms with E-state index in [4.69, 9.17) is 0 Å². The lowest BCUT2D eigenvalue weighted by Gasteiger charge is -2.14. The van der Waals surface area contributed by atoms with Crippen molar-refractivity contribution in [3.05, 3.63) is 70.7 Å². The van der Waals surface area contributed by atoms with Crippen molar-refractivity contribution in [2.24, 2.45) is 0 Å². The van der Waals surface area contributed by atoms with Gasteiger partial charge < -0.3 is 0 Å². The van der Waals surface area contributed by atoms with Crippen molar-refractivity contribution < 1.29 is 8.42 Å². The molecule has 3 nitrogen and oxygen atoms in total. The lowest BCUT2D eigenvalue weighted by molar-refractivity contribution is 0.601. The van der Waals surface area contributed by atoms with E-state index in [1.165, 1.54) is 0 Å². The van der Waals surface area contributed by atoms with Crippen LogP contribution in [0.3, 0.4) is 0 Å². The second-order valence-corrected chi connectivity index (χ2v) is 7.55. The Labute approximate surface area is 138 Å². The molecule has 0 aromatic heterocycles. The van der Waals surface area contributed by atoms with Crippen LogP contribution in [0.25, 0.3) is 10.8 Å².